The fourth-order valence-corrected chi connectivity index (χ4v) is 3.15. The standard InChI is InChI=1S/C23H16Cl2N2O4/c1-2-30-23(29)15-8-6-14(7-9-15)20-11-10-17(31-20)12-16(13-26)22(28)27-21-18(24)4-3-5-19(21)25/h3-12H,2H2,1H3,(H,27,28)/b16-12+. The Hall–Kier alpha value is -3.53. The Labute approximate surface area is 188 Å². The van der Waals surface area contributed by atoms with Gasteiger partial charge in [0.25, 0.3) is 5.91 Å². The van der Waals surface area contributed by atoms with Gasteiger partial charge in [-0.15, -0.1) is 0 Å². The van der Waals surface area contributed by atoms with Gasteiger partial charge in [0.15, 0.2) is 0 Å². The number of esters is 1. The molecule has 0 saturated heterocycles. The van der Waals surface area contributed by atoms with Gasteiger partial charge in [-0.25, -0.2) is 4.79 Å². The van der Waals surface area contributed by atoms with Gasteiger partial charge in [0.05, 0.1) is 27.9 Å². The number of ether oxygens (including phenoxy) is 1. The molecule has 1 aromatic heterocycles. The summed E-state index contributed by atoms with van der Waals surface area (Å²) in [5.41, 5.74) is 1.19. The number of halogens is 2. The zero-order chi connectivity index (χ0) is 22.4. The van der Waals surface area contributed by atoms with Crippen LogP contribution in [0, 0.1) is 11.3 Å². The molecule has 0 radical (unpaired) electrons. The number of rotatable bonds is 6. The highest BCUT2D eigenvalue weighted by Gasteiger charge is 2.15. The van der Waals surface area contributed by atoms with Crippen LogP contribution in [-0.4, -0.2) is 18.5 Å². The first kappa shape index (κ1) is 22.2. The van der Waals surface area contributed by atoms with Crippen LogP contribution in [0.4, 0.5) is 5.69 Å². The number of amides is 1. The van der Waals surface area contributed by atoms with Crippen LogP contribution in [-0.2, 0) is 9.53 Å². The molecule has 31 heavy (non-hydrogen) atoms. The van der Waals surface area contributed by atoms with Crippen LogP contribution >= 0.6 is 23.2 Å². The second-order valence-electron chi connectivity index (χ2n) is 6.22. The maximum absolute atomic E-state index is 12.5. The van der Waals surface area contributed by atoms with Crippen LogP contribution in [0.5, 0.6) is 0 Å². The summed E-state index contributed by atoms with van der Waals surface area (Å²) in [4.78, 5) is 24.2. The van der Waals surface area contributed by atoms with E-state index < -0.39 is 11.9 Å². The quantitative estimate of drug-likeness (QED) is 0.281. The minimum Gasteiger partial charge on any atom is -0.462 e. The van der Waals surface area contributed by atoms with E-state index in [9.17, 15) is 14.9 Å². The molecular formula is C23H16Cl2N2O4. The molecule has 0 saturated carbocycles. The number of hydrogen-bond donors (Lipinski definition) is 1. The Kier molecular flexibility index (Phi) is 7.14. The molecule has 6 nitrogen and oxygen atoms in total. The van der Waals surface area contributed by atoms with Crippen molar-refractivity contribution in [1.82, 2.24) is 0 Å². The molecule has 3 rings (SSSR count). The molecular weight excluding hydrogens is 439 g/mol. The average Bonchev–Trinajstić information content (AvgIpc) is 3.23. The van der Waals surface area contributed by atoms with E-state index >= 15 is 0 Å². The first-order valence-corrected chi connectivity index (χ1v) is 9.93. The third kappa shape index (κ3) is 5.34. The highest BCUT2D eigenvalue weighted by molar-refractivity contribution is 6.40. The van der Waals surface area contributed by atoms with E-state index in [1.165, 1.54) is 6.08 Å². The molecule has 0 unspecified atom stereocenters. The number of carbonyl (C=O) groups excluding carboxylic acids is 2. The lowest BCUT2D eigenvalue weighted by atomic mass is 10.1. The monoisotopic (exact) mass is 454 g/mol. The molecule has 0 spiro atoms. The van der Waals surface area contributed by atoms with Gasteiger partial charge in [-0.1, -0.05) is 41.4 Å². The molecule has 0 atom stereocenters. The van der Waals surface area contributed by atoms with Gasteiger partial charge in [0.2, 0.25) is 0 Å². The van der Waals surface area contributed by atoms with E-state index in [4.69, 9.17) is 32.4 Å². The van der Waals surface area contributed by atoms with Crippen molar-refractivity contribution in [2.45, 2.75) is 6.92 Å². The van der Waals surface area contributed by atoms with Gasteiger partial charge >= 0.3 is 5.97 Å². The second-order valence-corrected chi connectivity index (χ2v) is 7.03. The number of nitrogens with zero attached hydrogens (tertiary/aromatic N) is 1. The predicted octanol–water partition coefficient (Wildman–Crippen LogP) is 5.98. The number of nitrogens with one attached hydrogen (secondary N) is 1. The van der Waals surface area contributed by atoms with E-state index in [0.29, 0.717) is 23.7 Å². The SMILES string of the molecule is CCOC(=O)c1ccc(-c2ccc(/C=C(\C#N)C(=O)Nc3c(Cl)cccc3Cl)o2)cc1. The van der Waals surface area contributed by atoms with E-state index in [1.54, 1.807) is 61.5 Å². The van der Waals surface area contributed by atoms with Crippen molar-refractivity contribution in [3.63, 3.8) is 0 Å². The smallest absolute Gasteiger partial charge is 0.338 e. The molecule has 1 amide bonds. The Morgan fingerprint density at radius 2 is 1.77 bits per heavy atom. The molecule has 0 aliphatic carbocycles. The summed E-state index contributed by atoms with van der Waals surface area (Å²) in [6.45, 7) is 2.04. The molecule has 0 fully saturated rings. The Morgan fingerprint density at radius 1 is 1.10 bits per heavy atom. The van der Waals surface area contributed by atoms with E-state index in [0.717, 1.165) is 5.56 Å². The van der Waals surface area contributed by atoms with Crippen LogP contribution in [0.15, 0.2) is 64.6 Å². The molecule has 3 aromatic rings. The molecule has 2 aromatic carbocycles. The second kappa shape index (κ2) is 9.98. The normalized spacial score (nSPS) is 11.0. The summed E-state index contributed by atoms with van der Waals surface area (Å²) in [5, 5.41) is 12.4. The molecule has 1 heterocycles. The van der Waals surface area contributed by atoms with E-state index in [-0.39, 0.29) is 21.3 Å². The van der Waals surface area contributed by atoms with Gasteiger partial charge in [-0.2, -0.15) is 5.26 Å². The Balaban J connectivity index is 1.78. The van der Waals surface area contributed by atoms with Gasteiger partial charge < -0.3 is 14.5 Å². The minimum atomic E-state index is -0.672. The Bertz CT molecular complexity index is 1170. The molecule has 1 N–H and O–H groups in total. The lowest BCUT2D eigenvalue weighted by Crippen LogP contribution is -2.14. The highest BCUT2D eigenvalue weighted by atomic mass is 35.5. The zero-order valence-corrected chi connectivity index (χ0v) is 17.8. The van der Waals surface area contributed by atoms with Gasteiger partial charge in [-0.3, -0.25) is 4.79 Å². The topological polar surface area (TPSA) is 92.3 Å². The summed E-state index contributed by atoms with van der Waals surface area (Å²) in [6.07, 6.45) is 1.32. The number of furan rings is 1. The van der Waals surface area contributed by atoms with E-state index in [2.05, 4.69) is 5.32 Å². The molecule has 8 heteroatoms. The molecule has 0 aliphatic rings. The van der Waals surface area contributed by atoms with Crippen LogP contribution < -0.4 is 5.32 Å². The summed E-state index contributed by atoms with van der Waals surface area (Å²) >= 11 is 12.1. The maximum Gasteiger partial charge on any atom is 0.338 e. The van der Waals surface area contributed by atoms with Gasteiger partial charge in [0.1, 0.15) is 23.2 Å². The molecule has 0 bridgehead atoms. The summed E-state index contributed by atoms with van der Waals surface area (Å²) in [6, 6.07) is 16.7. The van der Waals surface area contributed by atoms with E-state index in [1.807, 2.05) is 6.07 Å². The van der Waals surface area contributed by atoms with Crippen molar-refractivity contribution in [3.05, 3.63) is 81.5 Å². The summed E-state index contributed by atoms with van der Waals surface area (Å²) in [5.74, 6) is -0.260. The van der Waals surface area contributed by atoms with Crippen molar-refractivity contribution in [3.8, 4) is 17.4 Å². The largest absolute Gasteiger partial charge is 0.462 e. The van der Waals surface area contributed by atoms with Crippen LogP contribution in [0.2, 0.25) is 10.0 Å². The molecule has 0 aliphatic heterocycles. The summed E-state index contributed by atoms with van der Waals surface area (Å²) < 4.78 is 10.7. The van der Waals surface area contributed by atoms with Crippen molar-refractivity contribution in [2.75, 3.05) is 11.9 Å². The number of para-hydroxylation sites is 1. The first-order chi connectivity index (χ1) is 14.9. The van der Waals surface area contributed by atoms with Gasteiger partial charge in [-0.05, 0) is 43.3 Å². The fraction of sp³-hybridized carbons (Fsp3) is 0.0870. The zero-order valence-electron chi connectivity index (χ0n) is 16.3. The first-order valence-electron chi connectivity index (χ1n) is 9.17. The Morgan fingerprint density at radius 3 is 2.39 bits per heavy atom. The highest BCUT2D eigenvalue weighted by Crippen LogP contribution is 2.30. The van der Waals surface area contributed by atoms with Crippen LogP contribution in [0.25, 0.3) is 17.4 Å². The van der Waals surface area contributed by atoms with Crippen molar-refractivity contribution in [1.29, 1.82) is 5.26 Å². The minimum absolute atomic E-state index is 0.186. The maximum atomic E-state index is 12.5. The van der Waals surface area contributed by atoms with Gasteiger partial charge in [0, 0.05) is 11.6 Å². The number of anilines is 1. The van der Waals surface area contributed by atoms with Crippen LogP contribution in [0.1, 0.15) is 23.0 Å². The summed E-state index contributed by atoms with van der Waals surface area (Å²) in [7, 11) is 0. The lowest BCUT2D eigenvalue weighted by molar-refractivity contribution is -0.112. The van der Waals surface area contributed by atoms with Crippen LogP contribution in [0.3, 0.4) is 0 Å². The number of nitriles is 1. The lowest BCUT2D eigenvalue weighted by Gasteiger charge is -2.08. The predicted molar refractivity (Wildman–Crippen MR) is 119 cm³/mol. The third-order valence-electron chi connectivity index (χ3n) is 4.16. The third-order valence-corrected chi connectivity index (χ3v) is 4.79. The number of carbonyl (C=O) groups is 2. The van der Waals surface area contributed by atoms with Crippen molar-refractivity contribution >= 4 is 46.8 Å². The van der Waals surface area contributed by atoms with Crippen molar-refractivity contribution in [2.24, 2.45) is 0 Å². The fourth-order valence-electron chi connectivity index (χ4n) is 2.66. The average molecular weight is 455 g/mol. The molecule has 156 valence electrons. The van der Waals surface area contributed by atoms with Crippen molar-refractivity contribution < 1.29 is 18.7 Å². The number of hydrogen-bond acceptors (Lipinski definition) is 5. The number of benzene rings is 2.